The lowest BCUT2D eigenvalue weighted by molar-refractivity contribution is 0.0587. The van der Waals surface area contributed by atoms with E-state index in [1.165, 1.54) is 0 Å². The molecule has 3 rings (SSSR count). The molecule has 1 fully saturated rings. The maximum Gasteiger partial charge on any atom is 0.255 e. The molecule has 0 aliphatic carbocycles. The number of carbonyl (C=O) groups is 1. The van der Waals surface area contributed by atoms with Crippen LogP contribution >= 0.6 is 0 Å². The van der Waals surface area contributed by atoms with Crippen molar-refractivity contribution in [1.29, 1.82) is 0 Å². The van der Waals surface area contributed by atoms with Gasteiger partial charge in [-0.05, 0) is 19.9 Å². The third-order valence-electron chi connectivity index (χ3n) is 4.04. The molecule has 132 valence electrons. The number of piperidine rings is 1. The highest BCUT2D eigenvalue weighted by Gasteiger charge is 2.25. The Kier molecular flexibility index (Phi) is 5.42. The van der Waals surface area contributed by atoms with Gasteiger partial charge in [0.25, 0.3) is 5.91 Å². The summed E-state index contributed by atoms with van der Waals surface area (Å²) in [6.07, 6.45) is 4.88. The van der Waals surface area contributed by atoms with E-state index < -0.39 is 0 Å². The summed E-state index contributed by atoms with van der Waals surface area (Å²) in [5, 5.41) is 0. The number of carbonyl (C=O) groups excluding carboxylic acids is 1. The highest BCUT2D eigenvalue weighted by atomic mass is 16.5. The first-order valence-corrected chi connectivity index (χ1v) is 8.50. The molecule has 7 nitrogen and oxygen atoms in total. The number of aromatic nitrogens is 3. The zero-order valence-electron chi connectivity index (χ0n) is 14.5. The summed E-state index contributed by atoms with van der Waals surface area (Å²) in [4.78, 5) is 26.9. The predicted molar refractivity (Wildman–Crippen MR) is 91.7 cm³/mol. The van der Waals surface area contributed by atoms with E-state index in [2.05, 4.69) is 15.0 Å². The minimum absolute atomic E-state index is 0.00752. The molecule has 0 aromatic carbocycles. The van der Waals surface area contributed by atoms with Crippen molar-refractivity contribution < 1.29 is 14.3 Å². The Hall–Kier alpha value is -2.70. The van der Waals surface area contributed by atoms with E-state index in [4.69, 9.17) is 9.47 Å². The van der Waals surface area contributed by atoms with E-state index >= 15 is 0 Å². The Bertz CT molecular complexity index is 713. The van der Waals surface area contributed by atoms with Gasteiger partial charge in [0.1, 0.15) is 11.9 Å². The van der Waals surface area contributed by atoms with Crippen LogP contribution in [0.1, 0.15) is 35.9 Å². The molecule has 0 spiro atoms. The summed E-state index contributed by atoms with van der Waals surface area (Å²) in [6.45, 7) is 5.59. The topological polar surface area (TPSA) is 77.4 Å². The first kappa shape index (κ1) is 17.1. The van der Waals surface area contributed by atoms with Crippen LogP contribution in [0.15, 0.2) is 30.6 Å². The summed E-state index contributed by atoms with van der Waals surface area (Å²) in [7, 11) is 0. The Morgan fingerprint density at radius 1 is 1.20 bits per heavy atom. The fourth-order valence-corrected chi connectivity index (χ4v) is 2.77. The van der Waals surface area contributed by atoms with Gasteiger partial charge in [0.05, 0.1) is 12.2 Å². The van der Waals surface area contributed by atoms with Gasteiger partial charge in [-0.25, -0.2) is 9.97 Å². The van der Waals surface area contributed by atoms with Gasteiger partial charge in [0.15, 0.2) is 0 Å². The van der Waals surface area contributed by atoms with E-state index in [1.807, 2.05) is 18.7 Å². The van der Waals surface area contributed by atoms with Crippen LogP contribution in [-0.2, 0) is 0 Å². The minimum atomic E-state index is -0.00752. The third-order valence-corrected chi connectivity index (χ3v) is 4.04. The van der Waals surface area contributed by atoms with E-state index in [9.17, 15) is 4.79 Å². The Morgan fingerprint density at radius 3 is 2.64 bits per heavy atom. The lowest BCUT2D eigenvalue weighted by atomic mass is 10.1. The Balaban J connectivity index is 1.53. The summed E-state index contributed by atoms with van der Waals surface area (Å²) < 4.78 is 11.2. The van der Waals surface area contributed by atoms with Crippen molar-refractivity contribution >= 4 is 5.91 Å². The summed E-state index contributed by atoms with van der Waals surface area (Å²) in [6, 6.07) is 5.24. The quantitative estimate of drug-likeness (QED) is 0.829. The first-order chi connectivity index (χ1) is 12.2. The number of aryl methyl sites for hydroxylation is 1. The molecule has 2 aromatic heterocycles. The lowest BCUT2D eigenvalue weighted by Gasteiger charge is -2.32. The van der Waals surface area contributed by atoms with Crippen LogP contribution in [-0.4, -0.2) is 51.6 Å². The van der Waals surface area contributed by atoms with Gasteiger partial charge in [0, 0.05) is 50.5 Å². The van der Waals surface area contributed by atoms with Gasteiger partial charge < -0.3 is 14.4 Å². The van der Waals surface area contributed by atoms with E-state index in [0.717, 1.165) is 12.8 Å². The minimum Gasteiger partial charge on any atom is -0.478 e. The molecule has 1 saturated heterocycles. The maximum atomic E-state index is 12.6. The van der Waals surface area contributed by atoms with Crippen molar-refractivity contribution in [3.63, 3.8) is 0 Å². The van der Waals surface area contributed by atoms with Crippen LogP contribution in [0.3, 0.4) is 0 Å². The average molecular weight is 342 g/mol. The molecular weight excluding hydrogens is 320 g/mol. The van der Waals surface area contributed by atoms with E-state index in [1.54, 1.807) is 30.6 Å². The molecule has 0 atom stereocenters. The van der Waals surface area contributed by atoms with Crippen molar-refractivity contribution in [2.75, 3.05) is 19.7 Å². The number of pyridine rings is 1. The molecule has 0 unspecified atom stereocenters. The second-order valence-electron chi connectivity index (χ2n) is 5.87. The number of ether oxygens (including phenoxy) is 2. The van der Waals surface area contributed by atoms with Gasteiger partial charge in [-0.15, -0.1) is 0 Å². The van der Waals surface area contributed by atoms with Crippen LogP contribution in [0, 0.1) is 6.92 Å². The monoisotopic (exact) mass is 342 g/mol. The average Bonchev–Trinajstić information content (AvgIpc) is 2.63. The van der Waals surface area contributed by atoms with Gasteiger partial charge in [-0.1, -0.05) is 0 Å². The number of nitrogens with zero attached hydrogens (tertiary/aromatic N) is 4. The molecule has 0 radical (unpaired) electrons. The molecule has 1 aliphatic rings. The fourth-order valence-electron chi connectivity index (χ4n) is 2.77. The van der Waals surface area contributed by atoms with Gasteiger partial charge in [0.2, 0.25) is 11.8 Å². The molecule has 2 aromatic rings. The lowest BCUT2D eigenvalue weighted by Crippen LogP contribution is -2.41. The molecular formula is C18H22N4O3. The van der Waals surface area contributed by atoms with E-state index in [0.29, 0.717) is 42.8 Å². The Morgan fingerprint density at radius 2 is 2.00 bits per heavy atom. The summed E-state index contributed by atoms with van der Waals surface area (Å²) >= 11 is 0. The van der Waals surface area contributed by atoms with Crippen LogP contribution in [0.25, 0.3) is 0 Å². The highest BCUT2D eigenvalue weighted by molar-refractivity contribution is 5.94. The van der Waals surface area contributed by atoms with Gasteiger partial charge in [-0.3, -0.25) is 4.79 Å². The van der Waals surface area contributed by atoms with Crippen molar-refractivity contribution in [3.8, 4) is 11.8 Å². The number of hydrogen-bond acceptors (Lipinski definition) is 6. The maximum absolute atomic E-state index is 12.6. The van der Waals surface area contributed by atoms with Crippen molar-refractivity contribution in [3.05, 3.63) is 42.0 Å². The standard InChI is InChI=1S/C18H22N4O3/c1-3-24-16-5-4-14(12-20-16)18(23)22-10-7-15(8-11-22)25-17-6-9-19-13(2)21-17/h4-6,9,12,15H,3,7-8,10-11H2,1-2H3. The van der Waals surface area contributed by atoms with Crippen LogP contribution in [0.5, 0.6) is 11.8 Å². The number of rotatable bonds is 5. The summed E-state index contributed by atoms with van der Waals surface area (Å²) in [5.41, 5.74) is 0.578. The summed E-state index contributed by atoms with van der Waals surface area (Å²) in [5.74, 6) is 1.80. The number of likely N-dealkylation sites (tertiary alicyclic amines) is 1. The predicted octanol–water partition coefficient (Wildman–Crippen LogP) is 2.26. The molecule has 25 heavy (non-hydrogen) atoms. The van der Waals surface area contributed by atoms with E-state index in [-0.39, 0.29) is 12.0 Å². The van der Waals surface area contributed by atoms with Crippen molar-refractivity contribution in [2.24, 2.45) is 0 Å². The highest BCUT2D eigenvalue weighted by Crippen LogP contribution is 2.19. The number of amides is 1. The second kappa shape index (κ2) is 7.92. The Labute approximate surface area is 147 Å². The zero-order valence-corrected chi connectivity index (χ0v) is 14.5. The van der Waals surface area contributed by atoms with Crippen molar-refractivity contribution in [2.45, 2.75) is 32.8 Å². The van der Waals surface area contributed by atoms with Crippen molar-refractivity contribution in [1.82, 2.24) is 19.9 Å². The van der Waals surface area contributed by atoms with Crippen LogP contribution in [0.4, 0.5) is 0 Å². The molecule has 0 N–H and O–H groups in total. The van der Waals surface area contributed by atoms with Gasteiger partial charge in [-0.2, -0.15) is 4.98 Å². The SMILES string of the molecule is CCOc1ccc(C(=O)N2CCC(Oc3ccnc(C)n3)CC2)cn1. The largest absolute Gasteiger partial charge is 0.478 e. The molecule has 1 amide bonds. The molecule has 0 saturated carbocycles. The third kappa shape index (κ3) is 4.43. The second-order valence-corrected chi connectivity index (χ2v) is 5.87. The van der Waals surface area contributed by atoms with Crippen LogP contribution < -0.4 is 9.47 Å². The normalized spacial score (nSPS) is 15.0. The fraction of sp³-hybridized carbons (Fsp3) is 0.444. The molecule has 1 aliphatic heterocycles. The van der Waals surface area contributed by atoms with Crippen LogP contribution in [0.2, 0.25) is 0 Å². The van der Waals surface area contributed by atoms with Gasteiger partial charge >= 0.3 is 0 Å². The smallest absolute Gasteiger partial charge is 0.255 e. The number of hydrogen-bond donors (Lipinski definition) is 0. The molecule has 0 bridgehead atoms. The first-order valence-electron chi connectivity index (χ1n) is 8.50. The molecule has 7 heteroatoms. The molecule has 3 heterocycles. The zero-order chi connectivity index (χ0) is 17.6.